The maximum atomic E-state index is 13.2. The largest absolute Gasteiger partial charge is 0.478 e. The van der Waals surface area contributed by atoms with Crippen molar-refractivity contribution in [2.24, 2.45) is 0 Å². The van der Waals surface area contributed by atoms with Gasteiger partial charge in [-0.3, -0.25) is 9.69 Å². The molecule has 1 amide bonds. The Labute approximate surface area is 172 Å². The number of carbonyl (C=O) groups is 2. The number of benzene rings is 3. The predicted octanol–water partition coefficient (Wildman–Crippen LogP) is 5.00. The van der Waals surface area contributed by atoms with Crippen LogP contribution in [0.2, 0.25) is 5.02 Å². The van der Waals surface area contributed by atoms with Gasteiger partial charge in [0, 0.05) is 5.02 Å². The van der Waals surface area contributed by atoms with Gasteiger partial charge in [-0.1, -0.05) is 48.0 Å². The van der Waals surface area contributed by atoms with Crippen molar-refractivity contribution in [3.05, 3.63) is 100 Å². The molecule has 0 saturated heterocycles. The molecule has 4 rings (SSSR count). The van der Waals surface area contributed by atoms with E-state index < -0.39 is 5.97 Å². The van der Waals surface area contributed by atoms with Gasteiger partial charge in [-0.15, -0.1) is 0 Å². The van der Waals surface area contributed by atoms with Crippen LogP contribution in [0.25, 0.3) is 6.08 Å². The minimum absolute atomic E-state index is 0.167. The first-order valence-electron chi connectivity index (χ1n) is 8.89. The highest BCUT2D eigenvalue weighted by Gasteiger charge is 2.30. The topological polar surface area (TPSA) is 66.8 Å². The SMILES string of the molecule is O=C(O)c1ccc(C=C2Oc3ccccc3N(Cc3ccc(Cl)cc3)C2=O)cc1. The van der Waals surface area contributed by atoms with Crippen molar-refractivity contribution in [2.45, 2.75) is 6.54 Å². The number of ether oxygens (including phenoxy) is 1. The van der Waals surface area contributed by atoms with Crippen LogP contribution in [-0.4, -0.2) is 17.0 Å². The molecule has 0 aliphatic carbocycles. The van der Waals surface area contributed by atoms with Crippen LogP contribution in [-0.2, 0) is 11.3 Å². The summed E-state index contributed by atoms with van der Waals surface area (Å²) in [5, 5.41) is 9.66. The Morgan fingerprint density at radius 3 is 2.38 bits per heavy atom. The molecule has 144 valence electrons. The number of rotatable bonds is 4. The molecule has 5 nitrogen and oxygen atoms in total. The van der Waals surface area contributed by atoms with Gasteiger partial charge < -0.3 is 9.84 Å². The number of halogens is 1. The van der Waals surface area contributed by atoms with Crippen LogP contribution in [0, 0.1) is 0 Å². The molecule has 0 atom stereocenters. The molecule has 0 radical (unpaired) electrons. The predicted molar refractivity (Wildman–Crippen MR) is 111 cm³/mol. The van der Waals surface area contributed by atoms with E-state index in [4.69, 9.17) is 21.4 Å². The zero-order valence-electron chi connectivity index (χ0n) is 15.2. The molecule has 1 N–H and O–H groups in total. The van der Waals surface area contributed by atoms with E-state index in [0.29, 0.717) is 28.6 Å². The maximum absolute atomic E-state index is 13.2. The Bertz CT molecular complexity index is 1100. The van der Waals surface area contributed by atoms with Crippen molar-refractivity contribution in [1.29, 1.82) is 0 Å². The van der Waals surface area contributed by atoms with Crippen LogP contribution < -0.4 is 9.64 Å². The van der Waals surface area contributed by atoms with Crippen LogP contribution in [0.4, 0.5) is 5.69 Å². The molecule has 1 aliphatic rings. The lowest BCUT2D eigenvalue weighted by atomic mass is 10.1. The van der Waals surface area contributed by atoms with E-state index in [1.807, 2.05) is 30.3 Å². The van der Waals surface area contributed by atoms with Gasteiger partial charge in [-0.25, -0.2) is 4.79 Å². The monoisotopic (exact) mass is 405 g/mol. The molecule has 0 unspecified atom stereocenters. The van der Waals surface area contributed by atoms with Gasteiger partial charge in [-0.05, 0) is 53.6 Å². The van der Waals surface area contributed by atoms with Gasteiger partial charge in [0.05, 0.1) is 17.8 Å². The third kappa shape index (κ3) is 4.00. The summed E-state index contributed by atoms with van der Waals surface area (Å²) in [6.07, 6.45) is 1.61. The number of carbonyl (C=O) groups excluding carboxylic acids is 1. The second-order valence-electron chi connectivity index (χ2n) is 6.52. The molecule has 0 fully saturated rings. The summed E-state index contributed by atoms with van der Waals surface area (Å²) in [5.74, 6) is -0.534. The lowest BCUT2D eigenvalue weighted by molar-refractivity contribution is -0.117. The third-order valence-corrected chi connectivity index (χ3v) is 4.79. The molecule has 3 aromatic rings. The number of aromatic carboxylic acids is 1. The van der Waals surface area contributed by atoms with Gasteiger partial charge in [0.1, 0.15) is 0 Å². The first-order valence-corrected chi connectivity index (χ1v) is 9.27. The summed E-state index contributed by atoms with van der Waals surface area (Å²) in [6, 6.07) is 20.9. The summed E-state index contributed by atoms with van der Waals surface area (Å²) < 4.78 is 5.85. The van der Waals surface area contributed by atoms with Gasteiger partial charge in [-0.2, -0.15) is 0 Å². The lowest BCUT2D eigenvalue weighted by Crippen LogP contribution is -2.36. The van der Waals surface area contributed by atoms with Crippen LogP contribution >= 0.6 is 11.6 Å². The quantitative estimate of drug-likeness (QED) is 0.620. The van der Waals surface area contributed by atoms with E-state index in [9.17, 15) is 9.59 Å². The molecular weight excluding hydrogens is 390 g/mol. The second-order valence-corrected chi connectivity index (χ2v) is 6.96. The van der Waals surface area contributed by atoms with Gasteiger partial charge in [0.2, 0.25) is 0 Å². The van der Waals surface area contributed by atoms with Crippen molar-refractivity contribution in [2.75, 3.05) is 4.90 Å². The normalized spacial score (nSPS) is 14.4. The summed E-state index contributed by atoms with van der Waals surface area (Å²) in [4.78, 5) is 25.8. The van der Waals surface area contributed by atoms with Gasteiger partial charge >= 0.3 is 5.97 Å². The third-order valence-electron chi connectivity index (χ3n) is 4.54. The molecule has 0 saturated carbocycles. The van der Waals surface area contributed by atoms with Crippen molar-refractivity contribution < 1.29 is 19.4 Å². The number of anilines is 1. The highest BCUT2D eigenvalue weighted by Crippen LogP contribution is 2.36. The van der Waals surface area contributed by atoms with E-state index in [2.05, 4.69) is 0 Å². The summed E-state index contributed by atoms with van der Waals surface area (Å²) >= 11 is 5.96. The number of fused-ring (bicyclic) bond motifs is 1. The Morgan fingerprint density at radius 2 is 1.69 bits per heavy atom. The number of para-hydroxylation sites is 2. The summed E-state index contributed by atoms with van der Waals surface area (Å²) in [5.41, 5.74) is 2.47. The second kappa shape index (κ2) is 7.81. The minimum Gasteiger partial charge on any atom is -0.478 e. The van der Waals surface area contributed by atoms with Gasteiger partial charge in [0.15, 0.2) is 11.5 Å². The maximum Gasteiger partial charge on any atom is 0.335 e. The molecule has 1 aliphatic heterocycles. The van der Waals surface area contributed by atoms with Crippen LogP contribution in [0.1, 0.15) is 21.5 Å². The molecule has 0 aromatic heterocycles. The number of carboxylic acids is 1. The van der Waals surface area contributed by atoms with Crippen molar-refractivity contribution in [3.8, 4) is 5.75 Å². The summed E-state index contributed by atoms with van der Waals surface area (Å²) in [6.45, 7) is 0.367. The Kier molecular flexibility index (Phi) is 5.06. The molecular formula is C23H16ClNO4. The van der Waals surface area contributed by atoms with Crippen LogP contribution in [0.15, 0.2) is 78.6 Å². The molecule has 3 aromatic carbocycles. The fourth-order valence-corrected chi connectivity index (χ4v) is 3.19. The molecule has 0 spiro atoms. The summed E-state index contributed by atoms with van der Waals surface area (Å²) in [7, 11) is 0. The smallest absolute Gasteiger partial charge is 0.335 e. The average molecular weight is 406 g/mol. The van der Waals surface area contributed by atoms with Crippen molar-refractivity contribution in [1.82, 2.24) is 0 Å². The Morgan fingerprint density at radius 1 is 1.00 bits per heavy atom. The minimum atomic E-state index is -1.00. The molecule has 1 heterocycles. The fraction of sp³-hybridized carbons (Fsp3) is 0.0435. The number of carboxylic acid groups (broad SMARTS) is 1. The number of hydrogen-bond donors (Lipinski definition) is 1. The highest BCUT2D eigenvalue weighted by atomic mass is 35.5. The Hall–Kier alpha value is -3.57. The van der Waals surface area contributed by atoms with Crippen molar-refractivity contribution >= 4 is 35.2 Å². The first kappa shape index (κ1) is 18.8. The van der Waals surface area contributed by atoms with E-state index in [-0.39, 0.29) is 17.2 Å². The molecule has 6 heteroatoms. The zero-order valence-corrected chi connectivity index (χ0v) is 16.0. The average Bonchev–Trinajstić information content (AvgIpc) is 2.73. The Balaban J connectivity index is 1.69. The lowest BCUT2D eigenvalue weighted by Gasteiger charge is -2.30. The zero-order chi connectivity index (χ0) is 20.4. The van der Waals surface area contributed by atoms with Crippen LogP contribution in [0.3, 0.4) is 0 Å². The first-order chi connectivity index (χ1) is 14.0. The number of amides is 1. The standard InChI is InChI=1S/C23H16ClNO4/c24-18-11-7-16(8-12-18)14-25-19-3-1-2-4-20(19)29-21(22(25)26)13-15-5-9-17(10-6-15)23(27)28/h1-13H,14H2,(H,27,28). The van der Waals surface area contributed by atoms with E-state index in [1.165, 1.54) is 12.1 Å². The fourth-order valence-electron chi connectivity index (χ4n) is 3.06. The van der Waals surface area contributed by atoms with E-state index >= 15 is 0 Å². The molecule has 0 bridgehead atoms. The highest BCUT2D eigenvalue weighted by molar-refractivity contribution is 6.30. The number of nitrogens with zero attached hydrogens (tertiary/aromatic N) is 1. The van der Waals surface area contributed by atoms with Crippen LogP contribution in [0.5, 0.6) is 5.75 Å². The molecule has 29 heavy (non-hydrogen) atoms. The van der Waals surface area contributed by atoms with Gasteiger partial charge in [0.25, 0.3) is 5.91 Å². The van der Waals surface area contributed by atoms with E-state index in [0.717, 1.165) is 5.56 Å². The number of hydrogen-bond acceptors (Lipinski definition) is 3. The van der Waals surface area contributed by atoms with E-state index in [1.54, 1.807) is 41.3 Å². The van der Waals surface area contributed by atoms with Crippen molar-refractivity contribution in [3.63, 3.8) is 0 Å².